The first-order chi connectivity index (χ1) is 10.6. The zero-order valence-electron chi connectivity index (χ0n) is 12.3. The lowest BCUT2D eigenvalue weighted by Gasteiger charge is -2.18. The van der Waals surface area contributed by atoms with Gasteiger partial charge in [0.15, 0.2) is 0 Å². The summed E-state index contributed by atoms with van der Waals surface area (Å²) in [5.41, 5.74) is 0.833. The van der Waals surface area contributed by atoms with Gasteiger partial charge in [-0.25, -0.2) is 0 Å². The van der Waals surface area contributed by atoms with Crippen molar-refractivity contribution in [3.63, 3.8) is 0 Å². The van der Waals surface area contributed by atoms with E-state index in [2.05, 4.69) is 0 Å². The molecule has 0 heterocycles. The summed E-state index contributed by atoms with van der Waals surface area (Å²) >= 11 is 11.9. The van der Waals surface area contributed by atoms with Crippen molar-refractivity contribution < 1.29 is 9.53 Å². The number of hydrogen-bond acceptors (Lipinski definition) is 2. The molecule has 2 aromatic rings. The number of ether oxygens (including phenoxy) is 1. The summed E-state index contributed by atoms with van der Waals surface area (Å²) in [7, 11) is 1.75. The number of amides is 1. The zero-order chi connectivity index (χ0) is 15.9. The normalized spacial score (nSPS) is 10.3. The van der Waals surface area contributed by atoms with Gasteiger partial charge in [-0.15, -0.1) is 0 Å². The molecule has 116 valence electrons. The summed E-state index contributed by atoms with van der Waals surface area (Å²) in [4.78, 5) is 13.8. The minimum absolute atomic E-state index is 0.00723. The van der Waals surface area contributed by atoms with Crippen LogP contribution in [0.1, 0.15) is 5.56 Å². The van der Waals surface area contributed by atoms with Gasteiger partial charge in [-0.1, -0.05) is 41.4 Å². The quantitative estimate of drug-likeness (QED) is 0.795. The van der Waals surface area contributed by atoms with E-state index in [0.717, 1.165) is 11.3 Å². The molecule has 0 spiro atoms. The van der Waals surface area contributed by atoms with E-state index in [1.165, 1.54) is 0 Å². The first-order valence-corrected chi connectivity index (χ1v) is 7.67. The summed E-state index contributed by atoms with van der Waals surface area (Å²) in [6, 6.07) is 14.5. The molecule has 0 aliphatic heterocycles. The van der Waals surface area contributed by atoms with Crippen molar-refractivity contribution >= 4 is 29.1 Å². The van der Waals surface area contributed by atoms with Gasteiger partial charge in [0.2, 0.25) is 5.91 Å². The number of halogens is 2. The number of rotatable bonds is 6. The fourth-order valence-corrected chi connectivity index (χ4v) is 2.22. The highest BCUT2D eigenvalue weighted by Crippen LogP contribution is 2.17. The van der Waals surface area contributed by atoms with E-state index < -0.39 is 0 Å². The summed E-state index contributed by atoms with van der Waals surface area (Å²) < 4.78 is 5.58. The molecule has 0 atom stereocenters. The van der Waals surface area contributed by atoms with Gasteiger partial charge in [-0.3, -0.25) is 4.79 Å². The third-order valence-electron chi connectivity index (χ3n) is 3.23. The topological polar surface area (TPSA) is 29.5 Å². The smallest absolute Gasteiger partial charge is 0.226 e. The number of carbonyl (C=O) groups excluding carboxylic acids is 1. The summed E-state index contributed by atoms with van der Waals surface area (Å²) in [5.74, 6) is 0.740. The fourth-order valence-electron chi connectivity index (χ4n) is 1.90. The Morgan fingerprint density at radius 3 is 2.45 bits per heavy atom. The molecular weight excluding hydrogens is 321 g/mol. The first kappa shape index (κ1) is 16.7. The van der Waals surface area contributed by atoms with Crippen molar-refractivity contribution in [3.05, 3.63) is 64.1 Å². The maximum absolute atomic E-state index is 12.1. The number of likely N-dealkylation sites (N-methyl/N-ethyl adjacent to an activating group) is 1. The highest BCUT2D eigenvalue weighted by molar-refractivity contribution is 6.31. The number of benzene rings is 2. The Hall–Kier alpha value is -1.71. The molecule has 22 heavy (non-hydrogen) atoms. The minimum atomic E-state index is 0.00723. The molecule has 2 aromatic carbocycles. The van der Waals surface area contributed by atoms with E-state index in [0.29, 0.717) is 23.2 Å². The predicted octanol–water partition coefficient (Wildman–Crippen LogP) is 4.07. The molecule has 0 saturated carbocycles. The Morgan fingerprint density at radius 1 is 1.09 bits per heavy atom. The van der Waals surface area contributed by atoms with Crippen molar-refractivity contribution in [2.75, 3.05) is 20.2 Å². The van der Waals surface area contributed by atoms with E-state index in [-0.39, 0.29) is 12.3 Å². The third-order valence-corrected chi connectivity index (χ3v) is 3.86. The maximum Gasteiger partial charge on any atom is 0.226 e. The van der Waals surface area contributed by atoms with Gasteiger partial charge in [0.05, 0.1) is 13.0 Å². The molecule has 3 nitrogen and oxygen atoms in total. The lowest BCUT2D eigenvalue weighted by atomic mass is 10.1. The van der Waals surface area contributed by atoms with Crippen molar-refractivity contribution in [3.8, 4) is 5.75 Å². The lowest BCUT2D eigenvalue weighted by molar-refractivity contribution is -0.129. The van der Waals surface area contributed by atoms with Crippen LogP contribution in [0.15, 0.2) is 48.5 Å². The van der Waals surface area contributed by atoms with Crippen LogP contribution in [-0.4, -0.2) is 31.0 Å². The molecule has 0 N–H and O–H groups in total. The molecule has 0 unspecified atom stereocenters. The summed E-state index contributed by atoms with van der Waals surface area (Å²) in [6.07, 6.45) is 0.289. The first-order valence-electron chi connectivity index (χ1n) is 6.92. The molecule has 2 rings (SSSR count). The molecule has 5 heteroatoms. The van der Waals surface area contributed by atoms with Crippen LogP contribution in [0.3, 0.4) is 0 Å². The van der Waals surface area contributed by atoms with E-state index >= 15 is 0 Å². The standard InChI is InChI=1S/C17H17Cl2NO2/c1-20(10-11-22-15-8-6-14(18)7-9-15)17(21)12-13-4-2-3-5-16(13)19/h2-9H,10-12H2,1H3. The van der Waals surface area contributed by atoms with Crippen molar-refractivity contribution in [1.29, 1.82) is 0 Å². The Labute approximate surface area is 140 Å². The molecule has 0 aliphatic carbocycles. The highest BCUT2D eigenvalue weighted by atomic mass is 35.5. The second-order valence-corrected chi connectivity index (χ2v) is 5.73. The second-order valence-electron chi connectivity index (χ2n) is 4.89. The van der Waals surface area contributed by atoms with Crippen LogP contribution in [0.5, 0.6) is 5.75 Å². The van der Waals surface area contributed by atoms with Crippen molar-refractivity contribution in [2.45, 2.75) is 6.42 Å². The molecule has 1 amide bonds. The molecule has 0 radical (unpaired) electrons. The molecule has 0 bridgehead atoms. The van der Waals surface area contributed by atoms with Crippen LogP contribution in [-0.2, 0) is 11.2 Å². The van der Waals surface area contributed by atoms with Crippen molar-refractivity contribution in [2.24, 2.45) is 0 Å². The molecule has 0 aliphatic rings. The average Bonchev–Trinajstić information content (AvgIpc) is 2.51. The monoisotopic (exact) mass is 337 g/mol. The fraction of sp³-hybridized carbons (Fsp3) is 0.235. The highest BCUT2D eigenvalue weighted by Gasteiger charge is 2.11. The average molecular weight is 338 g/mol. The van der Waals surface area contributed by atoms with Crippen LogP contribution >= 0.6 is 23.2 Å². The van der Waals surface area contributed by atoms with E-state index in [4.69, 9.17) is 27.9 Å². The number of nitrogens with zero attached hydrogens (tertiary/aromatic N) is 1. The van der Waals surface area contributed by atoms with Crippen LogP contribution in [0, 0.1) is 0 Å². The van der Waals surface area contributed by atoms with Crippen LogP contribution < -0.4 is 4.74 Å². The zero-order valence-corrected chi connectivity index (χ0v) is 13.8. The molecule has 0 saturated heterocycles. The molecule has 0 fully saturated rings. The van der Waals surface area contributed by atoms with Gasteiger partial charge >= 0.3 is 0 Å². The van der Waals surface area contributed by atoms with Gasteiger partial charge in [0.25, 0.3) is 0 Å². The van der Waals surface area contributed by atoms with E-state index in [1.807, 2.05) is 18.2 Å². The van der Waals surface area contributed by atoms with E-state index in [1.54, 1.807) is 42.3 Å². The third kappa shape index (κ3) is 4.93. The van der Waals surface area contributed by atoms with Gasteiger partial charge in [0.1, 0.15) is 12.4 Å². The Balaban J connectivity index is 1.79. The number of carbonyl (C=O) groups is 1. The predicted molar refractivity (Wildman–Crippen MR) is 89.7 cm³/mol. The van der Waals surface area contributed by atoms with Crippen LogP contribution in [0.25, 0.3) is 0 Å². The van der Waals surface area contributed by atoms with Gasteiger partial charge in [-0.2, -0.15) is 0 Å². The molecule has 0 aromatic heterocycles. The van der Waals surface area contributed by atoms with Crippen molar-refractivity contribution in [1.82, 2.24) is 4.90 Å². The second kappa shape index (κ2) is 8.06. The van der Waals surface area contributed by atoms with Gasteiger partial charge in [-0.05, 0) is 35.9 Å². The summed E-state index contributed by atoms with van der Waals surface area (Å²) in [5, 5.41) is 1.28. The Morgan fingerprint density at radius 2 is 1.77 bits per heavy atom. The molecular formula is C17H17Cl2NO2. The van der Waals surface area contributed by atoms with Gasteiger partial charge < -0.3 is 9.64 Å². The van der Waals surface area contributed by atoms with E-state index in [9.17, 15) is 4.79 Å². The maximum atomic E-state index is 12.1. The largest absolute Gasteiger partial charge is 0.492 e. The van der Waals surface area contributed by atoms with Gasteiger partial charge in [0, 0.05) is 17.1 Å². The van der Waals surface area contributed by atoms with Crippen LogP contribution in [0.4, 0.5) is 0 Å². The lowest BCUT2D eigenvalue weighted by Crippen LogP contribution is -2.32. The van der Waals surface area contributed by atoms with Crippen LogP contribution in [0.2, 0.25) is 10.0 Å². The SMILES string of the molecule is CN(CCOc1ccc(Cl)cc1)C(=O)Cc1ccccc1Cl. The Kier molecular flexibility index (Phi) is 6.10. The summed E-state index contributed by atoms with van der Waals surface area (Å²) in [6.45, 7) is 0.929. The number of hydrogen-bond donors (Lipinski definition) is 0. The minimum Gasteiger partial charge on any atom is -0.492 e. The Bertz CT molecular complexity index is 629.